The molecule has 0 saturated carbocycles. The molecule has 6 heteroatoms. The van der Waals surface area contributed by atoms with Gasteiger partial charge in [-0.05, 0) is 12.1 Å². The predicted octanol–water partition coefficient (Wildman–Crippen LogP) is 1.41. The fourth-order valence-electron chi connectivity index (χ4n) is 1.85. The molecule has 0 aliphatic carbocycles. The van der Waals surface area contributed by atoms with Crippen molar-refractivity contribution in [3.63, 3.8) is 0 Å². The molecule has 1 saturated heterocycles. The van der Waals surface area contributed by atoms with Crippen molar-refractivity contribution in [2.24, 2.45) is 5.73 Å². The first-order valence-electron chi connectivity index (χ1n) is 5.57. The van der Waals surface area contributed by atoms with E-state index in [1.54, 1.807) is 12.0 Å². The summed E-state index contributed by atoms with van der Waals surface area (Å²) in [5, 5.41) is -0.0786. The number of halogens is 2. The van der Waals surface area contributed by atoms with Crippen molar-refractivity contribution in [3.8, 4) is 0 Å². The summed E-state index contributed by atoms with van der Waals surface area (Å²) in [6.07, 6.45) is 0.0823. The largest absolute Gasteiger partial charge is 0.378 e. The average molecular weight is 273 g/mol. The molecule has 2 N–H and O–H groups in total. The molecule has 4 nitrogen and oxygen atoms in total. The Morgan fingerprint density at radius 1 is 1.61 bits per heavy atom. The second kappa shape index (κ2) is 5.22. The van der Waals surface area contributed by atoms with Gasteiger partial charge in [0.2, 0.25) is 0 Å². The second-order valence-electron chi connectivity index (χ2n) is 4.20. The van der Waals surface area contributed by atoms with Crippen molar-refractivity contribution in [1.29, 1.82) is 0 Å². The Hall–Kier alpha value is -1.17. The number of methoxy groups -OCH3 is 1. The Balaban J connectivity index is 2.19. The second-order valence-corrected chi connectivity index (χ2v) is 4.61. The summed E-state index contributed by atoms with van der Waals surface area (Å²) in [4.78, 5) is 13.7. The molecule has 98 valence electrons. The molecule has 18 heavy (non-hydrogen) atoms. The van der Waals surface area contributed by atoms with Crippen molar-refractivity contribution in [2.75, 3.05) is 20.2 Å². The van der Waals surface area contributed by atoms with Gasteiger partial charge >= 0.3 is 0 Å². The van der Waals surface area contributed by atoms with Crippen molar-refractivity contribution in [3.05, 3.63) is 34.1 Å². The first-order chi connectivity index (χ1) is 8.56. The molecule has 1 fully saturated rings. The van der Waals surface area contributed by atoms with Crippen molar-refractivity contribution >= 4 is 17.5 Å². The van der Waals surface area contributed by atoms with Gasteiger partial charge in [-0.25, -0.2) is 4.39 Å². The fourth-order valence-corrected chi connectivity index (χ4v) is 2.09. The molecule has 1 aromatic rings. The minimum atomic E-state index is -0.561. The highest BCUT2D eigenvalue weighted by Gasteiger charge is 2.31. The number of ether oxygens (including phenoxy) is 1. The molecule has 0 atom stereocenters. The van der Waals surface area contributed by atoms with Crippen molar-refractivity contribution in [2.45, 2.75) is 12.6 Å². The van der Waals surface area contributed by atoms with E-state index in [1.807, 2.05) is 0 Å². The molecule has 0 bridgehead atoms. The summed E-state index contributed by atoms with van der Waals surface area (Å²) < 4.78 is 18.6. The molecule has 0 spiro atoms. The van der Waals surface area contributed by atoms with Crippen LogP contribution in [0, 0.1) is 5.82 Å². The smallest absolute Gasteiger partial charge is 0.254 e. The van der Waals surface area contributed by atoms with E-state index in [2.05, 4.69) is 0 Å². The van der Waals surface area contributed by atoms with E-state index in [4.69, 9.17) is 22.1 Å². The number of nitrogens with zero attached hydrogens (tertiary/aromatic N) is 1. The third kappa shape index (κ3) is 2.34. The first kappa shape index (κ1) is 13.3. The first-order valence-corrected chi connectivity index (χ1v) is 5.94. The number of hydrogen-bond donors (Lipinski definition) is 1. The zero-order valence-corrected chi connectivity index (χ0v) is 10.7. The minimum Gasteiger partial charge on any atom is -0.378 e. The van der Waals surface area contributed by atoms with E-state index in [1.165, 1.54) is 12.1 Å². The highest BCUT2D eigenvalue weighted by atomic mass is 35.5. The average Bonchev–Trinajstić information content (AvgIpc) is 2.31. The lowest BCUT2D eigenvalue weighted by atomic mass is 10.1. The maximum Gasteiger partial charge on any atom is 0.254 e. The number of carbonyl (C=O) groups excluding carboxylic acids is 1. The number of rotatable bonds is 3. The van der Waals surface area contributed by atoms with E-state index >= 15 is 0 Å². The maximum atomic E-state index is 13.5. The lowest BCUT2D eigenvalue weighted by Crippen LogP contribution is -2.54. The van der Waals surface area contributed by atoms with Crippen LogP contribution < -0.4 is 5.73 Å². The van der Waals surface area contributed by atoms with Crippen LogP contribution in [-0.2, 0) is 11.3 Å². The summed E-state index contributed by atoms with van der Waals surface area (Å²) in [7, 11) is 1.60. The van der Waals surface area contributed by atoms with Gasteiger partial charge < -0.3 is 15.4 Å². The van der Waals surface area contributed by atoms with E-state index in [0.717, 1.165) is 0 Å². The molecule has 0 radical (unpaired) electrons. The van der Waals surface area contributed by atoms with E-state index in [-0.39, 0.29) is 29.1 Å². The predicted molar refractivity (Wildman–Crippen MR) is 66.0 cm³/mol. The number of benzene rings is 1. The van der Waals surface area contributed by atoms with Crippen LogP contribution in [0.2, 0.25) is 5.02 Å². The van der Waals surface area contributed by atoms with Gasteiger partial charge in [0.1, 0.15) is 5.82 Å². The van der Waals surface area contributed by atoms with Gasteiger partial charge in [0, 0.05) is 37.9 Å². The number of carbonyl (C=O) groups is 1. The summed E-state index contributed by atoms with van der Waals surface area (Å²) in [5.74, 6) is -0.742. The lowest BCUT2D eigenvalue weighted by molar-refractivity contribution is -0.0192. The SMILES string of the molecule is COC1CN(C(=O)c2cc(Cl)c(F)c(CN)c2)C1. The molecule has 1 amide bonds. The third-order valence-corrected chi connectivity index (χ3v) is 3.31. The van der Waals surface area contributed by atoms with Crippen LogP contribution in [0.5, 0.6) is 0 Å². The third-order valence-electron chi connectivity index (χ3n) is 3.04. The normalized spacial score (nSPS) is 15.7. The van der Waals surface area contributed by atoms with Gasteiger partial charge in [0.05, 0.1) is 11.1 Å². The van der Waals surface area contributed by atoms with Gasteiger partial charge in [0.15, 0.2) is 0 Å². The van der Waals surface area contributed by atoms with E-state index < -0.39 is 5.82 Å². The molecule has 1 aliphatic heterocycles. The number of hydrogen-bond acceptors (Lipinski definition) is 3. The highest BCUT2D eigenvalue weighted by molar-refractivity contribution is 6.31. The Morgan fingerprint density at radius 2 is 2.28 bits per heavy atom. The quantitative estimate of drug-likeness (QED) is 0.905. The zero-order chi connectivity index (χ0) is 13.3. The van der Waals surface area contributed by atoms with Crippen LogP contribution in [0.4, 0.5) is 4.39 Å². The highest BCUT2D eigenvalue weighted by Crippen LogP contribution is 2.23. The topological polar surface area (TPSA) is 55.6 Å². The summed E-state index contributed by atoms with van der Waals surface area (Å²) in [6, 6.07) is 2.78. The van der Waals surface area contributed by atoms with Crippen LogP contribution in [0.1, 0.15) is 15.9 Å². The molecule has 1 aromatic carbocycles. The van der Waals surface area contributed by atoms with Crippen LogP contribution >= 0.6 is 11.6 Å². The summed E-state index contributed by atoms with van der Waals surface area (Å²) in [6.45, 7) is 1.10. The van der Waals surface area contributed by atoms with Crippen molar-refractivity contribution < 1.29 is 13.9 Å². The standard InChI is InChI=1S/C12H14ClFN2O2/c1-18-9-5-16(6-9)12(17)7-2-8(4-15)11(14)10(13)3-7/h2-3,9H,4-6,15H2,1H3. The Bertz CT molecular complexity index is 475. The molecule has 0 aromatic heterocycles. The molecular weight excluding hydrogens is 259 g/mol. The summed E-state index contributed by atoms with van der Waals surface area (Å²) >= 11 is 5.74. The number of amides is 1. The van der Waals surface area contributed by atoms with Crippen LogP contribution in [0.15, 0.2) is 12.1 Å². The molecule has 0 unspecified atom stereocenters. The van der Waals surface area contributed by atoms with Crippen LogP contribution in [-0.4, -0.2) is 37.1 Å². The van der Waals surface area contributed by atoms with Gasteiger partial charge in [-0.3, -0.25) is 4.79 Å². The number of likely N-dealkylation sites (tertiary alicyclic amines) is 1. The van der Waals surface area contributed by atoms with E-state index in [9.17, 15) is 9.18 Å². The fraction of sp³-hybridized carbons (Fsp3) is 0.417. The van der Waals surface area contributed by atoms with E-state index in [0.29, 0.717) is 18.7 Å². The van der Waals surface area contributed by atoms with Crippen molar-refractivity contribution in [1.82, 2.24) is 4.90 Å². The monoisotopic (exact) mass is 272 g/mol. The van der Waals surface area contributed by atoms with Crippen LogP contribution in [0.3, 0.4) is 0 Å². The summed E-state index contributed by atoms with van der Waals surface area (Å²) in [5.41, 5.74) is 6.01. The zero-order valence-electron chi connectivity index (χ0n) is 9.95. The Kier molecular flexibility index (Phi) is 3.85. The van der Waals surface area contributed by atoms with Gasteiger partial charge in [-0.2, -0.15) is 0 Å². The minimum absolute atomic E-state index is 0.00731. The van der Waals surface area contributed by atoms with Gasteiger partial charge in [-0.15, -0.1) is 0 Å². The number of nitrogens with two attached hydrogens (primary N) is 1. The Morgan fingerprint density at radius 3 is 2.83 bits per heavy atom. The maximum absolute atomic E-state index is 13.5. The van der Waals surface area contributed by atoms with Crippen LogP contribution in [0.25, 0.3) is 0 Å². The van der Waals surface area contributed by atoms with Gasteiger partial charge in [0.25, 0.3) is 5.91 Å². The Labute approximate surface area is 109 Å². The van der Waals surface area contributed by atoms with Gasteiger partial charge in [-0.1, -0.05) is 11.6 Å². The lowest BCUT2D eigenvalue weighted by Gasteiger charge is -2.38. The molecule has 1 aliphatic rings. The molecule has 2 rings (SSSR count). The molecular formula is C12H14ClFN2O2. The molecule has 1 heterocycles.